The van der Waals surface area contributed by atoms with Gasteiger partial charge in [-0.3, -0.25) is 14.9 Å². The molecule has 142 valence electrons. The van der Waals surface area contributed by atoms with Gasteiger partial charge in [-0.25, -0.2) is 0 Å². The standard InChI is InChI=1S/C20H24N4O3/c1-16-5-2-3-6-17(16)15-22-9-11-23(12-10-22)20(25)14-21-18-7-4-8-19(13-18)24(26)27/h2-8,13,21H,9-12,14-15H2,1H3/p+1. The number of quaternary nitrogens is 1. The van der Waals surface area contributed by atoms with Gasteiger partial charge in [-0.1, -0.05) is 30.3 Å². The lowest BCUT2D eigenvalue weighted by atomic mass is 10.1. The third kappa shape index (κ3) is 5.04. The van der Waals surface area contributed by atoms with Crippen LogP contribution in [0.3, 0.4) is 0 Å². The summed E-state index contributed by atoms with van der Waals surface area (Å²) in [5, 5.41) is 13.8. The summed E-state index contributed by atoms with van der Waals surface area (Å²) in [6.45, 7) is 6.59. The van der Waals surface area contributed by atoms with E-state index in [9.17, 15) is 14.9 Å². The largest absolute Gasteiger partial charge is 0.376 e. The summed E-state index contributed by atoms with van der Waals surface area (Å²) in [6.07, 6.45) is 0. The molecule has 0 atom stereocenters. The van der Waals surface area contributed by atoms with Crippen LogP contribution in [0.4, 0.5) is 11.4 Å². The second kappa shape index (κ2) is 8.64. The smallest absolute Gasteiger partial charge is 0.271 e. The number of benzene rings is 2. The summed E-state index contributed by atoms with van der Waals surface area (Å²) in [4.78, 5) is 26.2. The first-order chi connectivity index (χ1) is 13.0. The molecule has 1 fully saturated rings. The highest BCUT2D eigenvalue weighted by Crippen LogP contribution is 2.16. The van der Waals surface area contributed by atoms with Crippen molar-refractivity contribution in [2.75, 3.05) is 38.0 Å². The first-order valence-electron chi connectivity index (χ1n) is 9.17. The van der Waals surface area contributed by atoms with Crippen LogP contribution in [-0.2, 0) is 11.3 Å². The molecule has 0 bridgehead atoms. The number of hydrogen-bond acceptors (Lipinski definition) is 4. The molecule has 3 rings (SSSR count). The molecule has 7 heteroatoms. The van der Waals surface area contributed by atoms with Crippen molar-refractivity contribution in [1.82, 2.24) is 4.90 Å². The van der Waals surface area contributed by atoms with E-state index < -0.39 is 4.92 Å². The van der Waals surface area contributed by atoms with Crippen LogP contribution < -0.4 is 10.2 Å². The number of carbonyl (C=O) groups is 1. The Labute approximate surface area is 158 Å². The van der Waals surface area contributed by atoms with Crippen molar-refractivity contribution in [3.05, 3.63) is 69.8 Å². The van der Waals surface area contributed by atoms with E-state index >= 15 is 0 Å². The lowest BCUT2D eigenvalue weighted by molar-refractivity contribution is -0.917. The first-order valence-corrected chi connectivity index (χ1v) is 9.17. The van der Waals surface area contributed by atoms with Crippen molar-refractivity contribution >= 4 is 17.3 Å². The normalized spacial score (nSPS) is 14.8. The van der Waals surface area contributed by atoms with E-state index in [1.807, 2.05) is 4.90 Å². The Hall–Kier alpha value is -2.93. The number of rotatable bonds is 6. The number of amides is 1. The molecular formula is C20H25N4O3+. The van der Waals surface area contributed by atoms with Crippen LogP contribution in [0.15, 0.2) is 48.5 Å². The molecule has 1 amide bonds. The van der Waals surface area contributed by atoms with Crippen LogP contribution in [0.25, 0.3) is 0 Å². The SMILES string of the molecule is Cc1ccccc1C[NH+]1CCN(C(=O)CNc2cccc([N+](=O)[O-])c2)CC1. The predicted molar refractivity (Wildman–Crippen MR) is 104 cm³/mol. The third-order valence-corrected chi connectivity index (χ3v) is 5.03. The maximum absolute atomic E-state index is 12.4. The highest BCUT2D eigenvalue weighted by Gasteiger charge is 2.23. The molecule has 0 saturated carbocycles. The number of hydrogen-bond donors (Lipinski definition) is 2. The van der Waals surface area contributed by atoms with Crippen LogP contribution in [0.5, 0.6) is 0 Å². The number of nitrogens with zero attached hydrogens (tertiary/aromatic N) is 2. The fourth-order valence-electron chi connectivity index (χ4n) is 3.35. The molecule has 1 aliphatic rings. The average molecular weight is 369 g/mol. The quantitative estimate of drug-likeness (QED) is 0.593. The molecule has 1 aliphatic heterocycles. The monoisotopic (exact) mass is 369 g/mol. The number of aryl methyl sites for hydroxylation is 1. The predicted octanol–water partition coefficient (Wildman–Crippen LogP) is 1.24. The summed E-state index contributed by atoms with van der Waals surface area (Å²) >= 11 is 0. The molecule has 1 heterocycles. The Morgan fingerprint density at radius 3 is 2.63 bits per heavy atom. The maximum atomic E-state index is 12.4. The van der Waals surface area contributed by atoms with Gasteiger partial charge in [-0.15, -0.1) is 0 Å². The van der Waals surface area contributed by atoms with Gasteiger partial charge in [0.2, 0.25) is 5.91 Å². The van der Waals surface area contributed by atoms with Crippen molar-refractivity contribution in [2.45, 2.75) is 13.5 Å². The minimum Gasteiger partial charge on any atom is -0.376 e. The van der Waals surface area contributed by atoms with Crippen molar-refractivity contribution in [3.63, 3.8) is 0 Å². The zero-order valence-electron chi connectivity index (χ0n) is 15.5. The molecule has 2 aromatic rings. The fraction of sp³-hybridized carbons (Fsp3) is 0.350. The lowest BCUT2D eigenvalue weighted by Crippen LogP contribution is -3.13. The average Bonchev–Trinajstić information content (AvgIpc) is 2.68. The number of nitro groups is 1. The number of piperazine rings is 1. The van der Waals surface area contributed by atoms with E-state index in [0.29, 0.717) is 5.69 Å². The topological polar surface area (TPSA) is 79.9 Å². The highest BCUT2D eigenvalue weighted by atomic mass is 16.6. The molecule has 1 saturated heterocycles. The number of nitro benzene ring substituents is 1. The van der Waals surface area contributed by atoms with Crippen molar-refractivity contribution in [2.24, 2.45) is 0 Å². The summed E-state index contributed by atoms with van der Waals surface area (Å²) in [5.41, 5.74) is 3.27. The Balaban J connectivity index is 1.46. The fourth-order valence-corrected chi connectivity index (χ4v) is 3.35. The van der Waals surface area contributed by atoms with E-state index in [1.165, 1.54) is 28.2 Å². The van der Waals surface area contributed by atoms with E-state index in [-0.39, 0.29) is 18.1 Å². The van der Waals surface area contributed by atoms with Gasteiger partial charge in [-0.2, -0.15) is 0 Å². The summed E-state index contributed by atoms with van der Waals surface area (Å²) < 4.78 is 0. The Morgan fingerprint density at radius 2 is 1.93 bits per heavy atom. The molecule has 0 aromatic heterocycles. The van der Waals surface area contributed by atoms with Crippen LogP contribution >= 0.6 is 0 Å². The van der Waals surface area contributed by atoms with Gasteiger partial charge in [0, 0.05) is 23.4 Å². The van der Waals surface area contributed by atoms with E-state index in [2.05, 4.69) is 36.5 Å². The second-order valence-corrected chi connectivity index (χ2v) is 6.90. The molecule has 27 heavy (non-hydrogen) atoms. The molecular weight excluding hydrogens is 344 g/mol. The molecule has 0 spiro atoms. The van der Waals surface area contributed by atoms with Gasteiger partial charge in [0.1, 0.15) is 6.54 Å². The van der Waals surface area contributed by atoms with Gasteiger partial charge in [0.05, 0.1) is 37.6 Å². The van der Waals surface area contributed by atoms with E-state index in [4.69, 9.17) is 0 Å². The maximum Gasteiger partial charge on any atom is 0.271 e. The number of carbonyl (C=O) groups excluding carboxylic acids is 1. The first kappa shape index (κ1) is 18.8. The third-order valence-electron chi connectivity index (χ3n) is 5.03. The van der Waals surface area contributed by atoms with Gasteiger partial charge in [-0.05, 0) is 18.6 Å². The van der Waals surface area contributed by atoms with Gasteiger partial charge in [0.15, 0.2) is 0 Å². The summed E-state index contributed by atoms with van der Waals surface area (Å²) in [7, 11) is 0. The number of non-ortho nitro benzene ring substituents is 1. The van der Waals surface area contributed by atoms with Crippen LogP contribution in [-0.4, -0.2) is 48.5 Å². The molecule has 0 aliphatic carbocycles. The minimum absolute atomic E-state index is 0.0147. The molecule has 2 N–H and O–H groups in total. The van der Waals surface area contributed by atoms with Crippen LogP contribution in [0, 0.1) is 17.0 Å². The Bertz CT molecular complexity index is 816. The molecule has 7 nitrogen and oxygen atoms in total. The lowest BCUT2D eigenvalue weighted by Gasteiger charge is -2.32. The van der Waals surface area contributed by atoms with Gasteiger partial charge < -0.3 is 15.1 Å². The zero-order valence-corrected chi connectivity index (χ0v) is 15.5. The second-order valence-electron chi connectivity index (χ2n) is 6.90. The van der Waals surface area contributed by atoms with E-state index in [1.54, 1.807) is 12.1 Å². The Morgan fingerprint density at radius 1 is 1.19 bits per heavy atom. The van der Waals surface area contributed by atoms with Crippen molar-refractivity contribution in [1.29, 1.82) is 0 Å². The van der Waals surface area contributed by atoms with Crippen LogP contribution in [0.2, 0.25) is 0 Å². The molecule has 0 radical (unpaired) electrons. The minimum atomic E-state index is -0.441. The molecule has 2 aromatic carbocycles. The number of anilines is 1. The van der Waals surface area contributed by atoms with Crippen molar-refractivity contribution < 1.29 is 14.6 Å². The number of nitrogens with one attached hydrogen (secondary N) is 2. The van der Waals surface area contributed by atoms with Crippen molar-refractivity contribution in [3.8, 4) is 0 Å². The van der Waals surface area contributed by atoms with Gasteiger partial charge in [0.25, 0.3) is 5.69 Å². The van der Waals surface area contributed by atoms with E-state index in [0.717, 1.165) is 32.7 Å². The van der Waals surface area contributed by atoms with Crippen LogP contribution in [0.1, 0.15) is 11.1 Å². The Kier molecular flexibility index (Phi) is 6.03. The summed E-state index contributed by atoms with van der Waals surface area (Å²) in [5.74, 6) is 0.0245. The highest BCUT2D eigenvalue weighted by molar-refractivity contribution is 5.81. The molecule has 0 unspecified atom stereocenters. The summed E-state index contributed by atoms with van der Waals surface area (Å²) in [6, 6.07) is 14.6. The van der Waals surface area contributed by atoms with Gasteiger partial charge >= 0.3 is 0 Å². The zero-order chi connectivity index (χ0) is 19.2.